The fourth-order valence-corrected chi connectivity index (χ4v) is 3.81. The Bertz CT molecular complexity index is 1480. The van der Waals surface area contributed by atoms with Crippen molar-refractivity contribution in [2.45, 2.75) is 13.8 Å². The predicted molar refractivity (Wildman–Crippen MR) is 149 cm³/mol. The highest BCUT2D eigenvalue weighted by Gasteiger charge is 2.15. The number of carbonyl (C=O) groups is 1. The molecule has 0 aliphatic rings. The molecule has 1 aromatic heterocycles. The van der Waals surface area contributed by atoms with Crippen LogP contribution in [0.1, 0.15) is 19.4 Å². The number of benzene rings is 3. The zero-order valence-electron chi connectivity index (χ0n) is 20.2. The molecule has 1 heterocycles. The van der Waals surface area contributed by atoms with Gasteiger partial charge in [0.25, 0.3) is 0 Å². The first kappa shape index (κ1) is 24.8. The van der Waals surface area contributed by atoms with E-state index < -0.39 is 0 Å². The number of fused-ring (bicyclic) bond motifs is 1. The Morgan fingerprint density at radius 3 is 2.56 bits per heavy atom. The zero-order chi connectivity index (χ0) is 25.7. The molecular weight excluding hydrogens is 474 g/mol. The summed E-state index contributed by atoms with van der Waals surface area (Å²) in [5, 5.41) is 11.9. The van der Waals surface area contributed by atoms with E-state index in [-0.39, 0.29) is 5.91 Å². The lowest BCUT2D eigenvalue weighted by Gasteiger charge is -2.17. The molecule has 1 amide bonds. The van der Waals surface area contributed by atoms with Crippen LogP contribution in [0, 0.1) is 0 Å². The van der Waals surface area contributed by atoms with Gasteiger partial charge in [-0.2, -0.15) is 4.98 Å². The molecule has 3 aromatic carbocycles. The Labute approximate surface area is 214 Å². The number of ether oxygens (including phenoxy) is 1. The van der Waals surface area contributed by atoms with Gasteiger partial charge >= 0.3 is 0 Å². The minimum atomic E-state index is -0.249. The van der Waals surface area contributed by atoms with Crippen LogP contribution in [0.5, 0.6) is 5.75 Å². The first-order valence-corrected chi connectivity index (χ1v) is 11.6. The third-order valence-electron chi connectivity index (χ3n) is 5.38. The highest BCUT2D eigenvalue weighted by molar-refractivity contribution is 6.33. The third kappa shape index (κ3) is 5.64. The van der Waals surface area contributed by atoms with Gasteiger partial charge in [0.15, 0.2) is 5.82 Å². The van der Waals surface area contributed by atoms with Crippen molar-refractivity contribution in [1.82, 2.24) is 9.97 Å². The van der Waals surface area contributed by atoms with Crippen LogP contribution in [-0.4, -0.2) is 23.0 Å². The van der Waals surface area contributed by atoms with Crippen molar-refractivity contribution in [3.8, 4) is 5.75 Å². The summed E-state index contributed by atoms with van der Waals surface area (Å²) in [6.45, 7) is 7.66. The molecule has 0 saturated heterocycles. The van der Waals surface area contributed by atoms with Gasteiger partial charge in [-0.25, -0.2) is 4.98 Å². The number of halogens is 1. The van der Waals surface area contributed by atoms with Crippen LogP contribution in [0.3, 0.4) is 0 Å². The van der Waals surface area contributed by atoms with Crippen LogP contribution in [0.25, 0.3) is 16.3 Å². The lowest BCUT2D eigenvalue weighted by atomic mass is 10.0. The maximum Gasteiger partial charge on any atom is 0.248 e. The fourth-order valence-electron chi connectivity index (χ4n) is 3.67. The maximum absolute atomic E-state index is 12.2. The largest absolute Gasteiger partial charge is 0.495 e. The second kappa shape index (κ2) is 10.9. The molecule has 36 heavy (non-hydrogen) atoms. The van der Waals surface area contributed by atoms with E-state index in [9.17, 15) is 4.79 Å². The number of nitrogens with zero attached hydrogens (tertiary/aromatic N) is 2. The Morgan fingerprint density at radius 2 is 1.83 bits per heavy atom. The number of anilines is 5. The number of nitrogens with one attached hydrogen (secondary N) is 3. The Morgan fingerprint density at radius 1 is 1.06 bits per heavy atom. The standard InChI is InChI=1S/C28H26ClN5O2/c1-5-8-26(35)32-23-15-24(25(36-4)14-21(23)17(2)3)33-28-30-16-22(29)27(34-28)31-20-12-11-18-9-6-7-10-19(18)13-20/h5-16H,2H2,1,3-4H3,(H,32,35)(H2,30,31,33,34)/b8-5+. The minimum Gasteiger partial charge on any atom is -0.495 e. The van der Waals surface area contributed by atoms with E-state index in [1.54, 1.807) is 32.2 Å². The molecule has 4 rings (SSSR count). The van der Waals surface area contributed by atoms with Gasteiger partial charge in [-0.05, 0) is 60.5 Å². The third-order valence-corrected chi connectivity index (χ3v) is 5.65. The Hall–Kier alpha value is -4.36. The van der Waals surface area contributed by atoms with Gasteiger partial charge in [0.1, 0.15) is 10.8 Å². The van der Waals surface area contributed by atoms with Gasteiger partial charge in [0, 0.05) is 11.3 Å². The van der Waals surface area contributed by atoms with Gasteiger partial charge in [0.2, 0.25) is 11.9 Å². The van der Waals surface area contributed by atoms with E-state index in [1.165, 1.54) is 12.3 Å². The number of carbonyl (C=O) groups excluding carboxylic acids is 1. The number of allylic oxidation sites excluding steroid dienone is 2. The predicted octanol–water partition coefficient (Wildman–Crippen LogP) is 7.33. The monoisotopic (exact) mass is 499 g/mol. The van der Waals surface area contributed by atoms with Crippen LogP contribution in [0.2, 0.25) is 5.02 Å². The molecule has 3 N–H and O–H groups in total. The van der Waals surface area contributed by atoms with Gasteiger partial charge in [-0.1, -0.05) is 54.6 Å². The summed E-state index contributed by atoms with van der Waals surface area (Å²) in [5.41, 5.74) is 3.53. The Balaban J connectivity index is 1.65. The average Bonchev–Trinajstić information content (AvgIpc) is 2.86. The number of methoxy groups -OCH3 is 1. The maximum atomic E-state index is 12.2. The molecule has 0 saturated carbocycles. The van der Waals surface area contributed by atoms with Crippen molar-refractivity contribution in [3.63, 3.8) is 0 Å². The summed E-state index contributed by atoms with van der Waals surface area (Å²) >= 11 is 6.39. The van der Waals surface area contributed by atoms with Crippen molar-refractivity contribution in [1.29, 1.82) is 0 Å². The quantitative estimate of drug-likeness (QED) is 0.220. The van der Waals surface area contributed by atoms with Gasteiger partial charge in [0.05, 0.1) is 24.7 Å². The molecule has 0 bridgehead atoms. The molecule has 182 valence electrons. The number of hydrogen-bond donors (Lipinski definition) is 3. The fraction of sp³-hybridized carbons (Fsp3) is 0.107. The summed E-state index contributed by atoms with van der Waals surface area (Å²) in [5.74, 6) is 1.04. The molecule has 0 spiro atoms. The summed E-state index contributed by atoms with van der Waals surface area (Å²) in [4.78, 5) is 21.1. The van der Waals surface area contributed by atoms with Crippen LogP contribution in [0.15, 0.2) is 79.5 Å². The van der Waals surface area contributed by atoms with Crippen molar-refractivity contribution >= 4 is 62.7 Å². The normalized spacial score (nSPS) is 10.9. The Kier molecular flexibility index (Phi) is 7.51. The molecule has 0 unspecified atom stereocenters. The van der Waals surface area contributed by atoms with E-state index in [1.807, 2.05) is 43.3 Å². The van der Waals surface area contributed by atoms with E-state index in [0.29, 0.717) is 33.9 Å². The van der Waals surface area contributed by atoms with E-state index >= 15 is 0 Å². The second-order valence-corrected chi connectivity index (χ2v) is 8.48. The van der Waals surface area contributed by atoms with Crippen LogP contribution >= 0.6 is 11.6 Å². The minimum absolute atomic E-state index is 0.249. The lowest BCUT2D eigenvalue weighted by Crippen LogP contribution is -2.10. The highest BCUT2D eigenvalue weighted by Crippen LogP contribution is 2.36. The molecule has 0 aliphatic heterocycles. The van der Waals surface area contributed by atoms with Gasteiger partial charge < -0.3 is 20.7 Å². The topological polar surface area (TPSA) is 88.2 Å². The molecule has 0 atom stereocenters. The van der Waals surface area contributed by atoms with E-state index in [2.05, 4.69) is 38.6 Å². The van der Waals surface area contributed by atoms with Crippen LogP contribution in [0.4, 0.5) is 28.8 Å². The van der Waals surface area contributed by atoms with Gasteiger partial charge in [-0.3, -0.25) is 4.79 Å². The van der Waals surface area contributed by atoms with Crippen LogP contribution in [-0.2, 0) is 4.79 Å². The molecule has 0 fully saturated rings. The van der Waals surface area contributed by atoms with Crippen molar-refractivity contribution in [3.05, 3.63) is 90.1 Å². The molecule has 0 radical (unpaired) electrons. The first-order chi connectivity index (χ1) is 17.4. The molecule has 8 heteroatoms. The number of hydrogen-bond acceptors (Lipinski definition) is 6. The summed E-state index contributed by atoms with van der Waals surface area (Å²) < 4.78 is 5.58. The first-order valence-electron chi connectivity index (χ1n) is 11.2. The number of aromatic nitrogens is 2. The SMILES string of the molecule is C=C(C)c1cc(OC)c(Nc2ncc(Cl)c(Nc3ccc4ccccc4c3)n2)cc1NC(=O)/C=C/C. The summed E-state index contributed by atoms with van der Waals surface area (Å²) in [6, 6.07) is 17.7. The van der Waals surface area contributed by atoms with Gasteiger partial charge in [-0.15, -0.1) is 0 Å². The van der Waals surface area contributed by atoms with Crippen molar-refractivity contribution < 1.29 is 9.53 Å². The molecule has 4 aromatic rings. The molecule has 7 nitrogen and oxygen atoms in total. The number of rotatable bonds is 8. The smallest absolute Gasteiger partial charge is 0.248 e. The summed E-state index contributed by atoms with van der Waals surface area (Å²) in [7, 11) is 1.57. The van der Waals surface area contributed by atoms with Crippen LogP contribution < -0.4 is 20.7 Å². The zero-order valence-corrected chi connectivity index (χ0v) is 21.0. The van der Waals surface area contributed by atoms with E-state index in [0.717, 1.165) is 27.6 Å². The van der Waals surface area contributed by atoms with Crippen molar-refractivity contribution in [2.75, 3.05) is 23.1 Å². The molecule has 0 aliphatic carbocycles. The van der Waals surface area contributed by atoms with E-state index in [4.69, 9.17) is 16.3 Å². The number of amides is 1. The summed E-state index contributed by atoms with van der Waals surface area (Å²) in [6.07, 6.45) is 4.64. The second-order valence-electron chi connectivity index (χ2n) is 8.07. The van der Waals surface area contributed by atoms with Crippen molar-refractivity contribution in [2.24, 2.45) is 0 Å². The highest BCUT2D eigenvalue weighted by atomic mass is 35.5. The lowest BCUT2D eigenvalue weighted by molar-refractivity contribution is -0.111. The molecular formula is C28H26ClN5O2. The average molecular weight is 500 g/mol.